The second-order valence-electron chi connectivity index (χ2n) is 5.51. The van der Waals surface area contributed by atoms with Crippen LogP contribution < -0.4 is 5.56 Å². The molecule has 2 aromatic rings. The van der Waals surface area contributed by atoms with E-state index in [9.17, 15) is 19.7 Å². The molecule has 0 N–H and O–H groups in total. The average molecular weight is 344 g/mol. The number of ether oxygens (including phenoxy) is 1. The van der Waals surface area contributed by atoms with Crippen molar-refractivity contribution in [2.24, 2.45) is 0 Å². The molecule has 9 heteroatoms. The minimum atomic E-state index is -0.487. The third kappa shape index (κ3) is 3.89. The van der Waals surface area contributed by atoms with E-state index in [0.29, 0.717) is 37.6 Å². The highest BCUT2D eigenvalue weighted by Gasteiger charge is 2.18. The second-order valence-corrected chi connectivity index (χ2v) is 5.51. The van der Waals surface area contributed by atoms with Crippen LogP contribution in [0.15, 0.2) is 41.2 Å². The molecule has 1 aliphatic rings. The van der Waals surface area contributed by atoms with E-state index in [1.165, 1.54) is 24.3 Å². The number of amides is 1. The molecule has 3 rings (SSSR count). The summed E-state index contributed by atoms with van der Waals surface area (Å²) < 4.78 is 6.31. The standard InChI is InChI=1S/C16H16N4O5/c21-15-6-5-14(12-1-3-13(4-2-12)20(23)24)17-19(15)11-16(22)18-7-9-25-10-8-18/h1-6H,7-11H2. The van der Waals surface area contributed by atoms with Crippen LogP contribution in [0.5, 0.6) is 0 Å². The maximum atomic E-state index is 12.3. The molecule has 9 nitrogen and oxygen atoms in total. The van der Waals surface area contributed by atoms with Crippen molar-refractivity contribution in [3.63, 3.8) is 0 Å². The summed E-state index contributed by atoms with van der Waals surface area (Å²) in [6, 6.07) is 8.70. The molecular weight excluding hydrogens is 328 g/mol. The van der Waals surface area contributed by atoms with Gasteiger partial charge in [-0.05, 0) is 18.2 Å². The molecule has 0 aliphatic carbocycles. The van der Waals surface area contributed by atoms with Crippen LogP contribution >= 0.6 is 0 Å². The zero-order valence-corrected chi connectivity index (χ0v) is 13.3. The molecular formula is C16H16N4O5. The second kappa shape index (κ2) is 7.22. The largest absolute Gasteiger partial charge is 0.378 e. The average Bonchev–Trinajstić information content (AvgIpc) is 2.64. The molecule has 1 aromatic heterocycles. The summed E-state index contributed by atoms with van der Waals surface area (Å²) in [6.45, 7) is 1.80. The van der Waals surface area contributed by atoms with Gasteiger partial charge in [-0.15, -0.1) is 0 Å². The highest BCUT2D eigenvalue weighted by Crippen LogP contribution is 2.19. The SMILES string of the molecule is O=C(Cn1nc(-c2ccc([N+](=O)[O-])cc2)ccc1=O)N1CCOCC1. The minimum Gasteiger partial charge on any atom is -0.378 e. The van der Waals surface area contributed by atoms with E-state index in [1.807, 2.05) is 0 Å². The highest BCUT2D eigenvalue weighted by atomic mass is 16.6. The van der Waals surface area contributed by atoms with Gasteiger partial charge in [-0.2, -0.15) is 5.10 Å². The normalized spacial score (nSPS) is 14.3. The number of nitro groups is 1. The van der Waals surface area contributed by atoms with E-state index in [0.717, 1.165) is 4.68 Å². The molecule has 1 saturated heterocycles. The molecule has 1 amide bonds. The zero-order chi connectivity index (χ0) is 17.8. The summed E-state index contributed by atoms with van der Waals surface area (Å²) in [7, 11) is 0. The van der Waals surface area contributed by atoms with E-state index >= 15 is 0 Å². The van der Waals surface area contributed by atoms with Crippen molar-refractivity contribution in [3.8, 4) is 11.3 Å². The van der Waals surface area contributed by atoms with E-state index in [1.54, 1.807) is 17.0 Å². The third-order valence-electron chi connectivity index (χ3n) is 3.89. The summed E-state index contributed by atoms with van der Waals surface area (Å²) >= 11 is 0. The zero-order valence-electron chi connectivity index (χ0n) is 13.3. The van der Waals surface area contributed by atoms with Crippen molar-refractivity contribution < 1.29 is 14.5 Å². The van der Waals surface area contributed by atoms with Gasteiger partial charge in [0.05, 0.1) is 23.8 Å². The number of non-ortho nitro benzene ring substituents is 1. The summed E-state index contributed by atoms with van der Waals surface area (Å²) in [5.74, 6) is -0.196. The Balaban J connectivity index is 1.81. The van der Waals surface area contributed by atoms with Crippen molar-refractivity contribution in [2.45, 2.75) is 6.54 Å². The van der Waals surface area contributed by atoms with Crippen molar-refractivity contribution in [1.29, 1.82) is 0 Å². The number of aromatic nitrogens is 2. The van der Waals surface area contributed by atoms with Gasteiger partial charge in [0.2, 0.25) is 5.91 Å². The molecule has 1 fully saturated rings. The van der Waals surface area contributed by atoms with Gasteiger partial charge in [-0.3, -0.25) is 19.7 Å². The fraction of sp³-hybridized carbons (Fsp3) is 0.312. The van der Waals surface area contributed by atoms with Crippen molar-refractivity contribution in [2.75, 3.05) is 26.3 Å². The molecule has 0 unspecified atom stereocenters. The van der Waals surface area contributed by atoms with Crippen molar-refractivity contribution >= 4 is 11.6 Å². The Kier molecular flexibility index (Phi) is 4.85. The van der Waals surface area contributed by atoms with Gasteiger partial charge in [0.15, 0.2) is 0 Å². The van der Waals surface area contributed by atoms with Gasteiger partial charge < -0.3 is 9.64 Å². The minimum absolute atomic E-state index is 0.0282. The maximum absolute atomic E-state index is 12.3. The number of nitro benzene ring substituents is 1. The number of benzene rings is 1. The molecule has 0 saturated carbocycles. The molecule has 0 radical (unpaired) electrons. The van der Waals surface area contributed by atoms with E-state index in [-0.39, 0.29) is 23.7 Å². The van der Waals surface area contributed by atoms with Crippen LogP contribution in [-0.4, -0.2) is 51.8 Å². The Hall–Kier alpha value is -3.07. The molecule has 25 heavy (non-hydrogen) atoms. The van der Waals surface area contributed by atoms with Gasteiger partial charge in [-0.25, -0.2) is 4.68 Å². The van der Waals surface area contributed by atoms with Crippen LogP contribution in [0.1, 0.15) is 0 Å². The lowest BCUT2D eigenvalue weighted by atomic mass is 10.1. The van der Waals surface area contributed by atoms with E-state index in [4.69, 9.17) is 4.74 Å². The topological polar surface area (TPSA) is 108 Å². The quantitative estimate of drug-likeness (QED) is 0.596. The van der Waals surface area contributed by atoms with Crippen LogP contribution in [0.4, 0.5) is 5.69 Å². The summed E-state index contributed by atoms with van der Waals surface area (Å²) in [6.07, 6.45) is 0. The summed E-state index contributed by atoms with van der Waals surface area (Å²) in [4.78, 5) is 36.1. The first-order chi connectivity index (χ1) is 12.0. The predicted molar refractivity (Wildman–Crippen MR) is 88.0 cm³/mol. The Labute approximate surface area is 142 Å². The molecule has 0 spiro atoms. The number of carbonyl (C=O) groups excluding carboxylic acids is 1. The van der Waals surface area contributed by atoms with Gasteiger partial charge in [-0.1, -0.05) is 0 Å². The first kappa shape index (κ1) is 16.8. The Bertz CT molecular complexity index is 840. The van der Waals surface area contributed by atoms with Crippen LogP contribution in [0.25, 0.3) is 11.3 Å². The lowest BCUT2D eigenvalue weighted by molar-refractivity contribution is -0.384. The Morgan fingerprint density at radius 3 is 2.48 bits per heavy atom. The predicted octanol–water partition coefficient (Wildman–Crippen LogP) is 0.677. The molecule has 0 atom stereocenters. The number of hydrogen-bond donors (Lipinski definition) is 0. The fourth-order valence-corrected chi connectivity index (χ4v) is 2.51. The third-order valence-corrected chi connectivity index (χ3v) is 3.89. The van der Waals surface area contributed by atoms with Gasteiger partial charge in [0.25, 0.3) is 11.2 Å². The summed E-state index contributed by atoms with van der Waals surface area (Å²) in [5, 5.41) is 14.9. The smallest absolute Gasteiger partial charge is 0.269 e. The number of hydrogen-bond acceptors (Lipinski definition) is 6. The lowest BCUT2D eigenvalue weighted by Crippen LogP contribution is -2.43. The number of nitrogens with zero attached hydrogens (tertiary/aromatic N) is 4. The van der Waals surface area contributed by atoms with Crippen LogP contribution in [0.2, 0.25) is 0 Å². The highest BCUT2D eigenvalue weighted by molar-refractivity contribution is 5.76. The number of carbonyl (C=O) groups is 1. The van der Waals surface area contributed by atoms with Gasteiger partial charge in [0.1, 0.15) is 6.54 Å². The van der Waals surface area contributed by atoms with Crippen LogP contribution in [0, 0.1) is 10.1 Å². The fourth-order valence-electron chi connectivity index (χ4n) is 2.51. The molecule has 1 aliphatic heterocycles. The monoisotopic (exact) mass is 344 g/mol. The molecule has 0 bridgehead atoms. The van der Waals surface area contributed by atoms with Crippen LogP contribution in [-0.2, 0) is 16.1 Å². The number of rotatable bonds is 4. The lowest BCUT2D eigenvalue weighted by Gasteiger charge is -2.26. The first-order valence-electron chi connectivity index (χ1n) is 7.73. The van der Waals surface area contributed by atoms with Gasteiger partial charge >= 0.3 is 0 Å². The Morgan fingerprint density at radius 1 is 1.16 bits per heavy atom. The van der Waals surface area contributed by atoms with Crippen molar-refractivity contribution in [3.05, 3.63) is 56.9 Å². The van der Waals surface area contributed by atoms with E-state index < -0.39 is 4.92 Å². The summed E-state index contributed by atoms with van der Waals surface area (Å²) in [5.41, 5.74) is 0.675. The molecule has 1 aromatic carbocycles. The van der Waals surface area contributed by atoms with Crippen LogP contribution in [0.3, 0.4) is 0 Å². The number of morpholine rings is 1. The first-order valence-corrected chi connectivity index (χ1v) is 7.73. The Morgan fingerprint density at radius 2 is 1.84 bits per heavy atom. The molecule has 2 heterocycles. The maximum Gasteiger partial charge on any atom is 0.269 e. The van der Waals surface area contributed by atoms with Crippen molar-refractivity contribution in [1.82, 2.24) is 14.7 Å². The molecule has 130 valence electrons. The van der Waals surface area contributed by atoms with E-state index in [2.05, 4.69) is 5.10 Å². The van der Waals surface area contributed by atoms with Gasteiger partial charge in [0, 0.05) is 36.9 Å².